The van der Waals surface area contributed by atoms with E-state index in [1.807, 2.05) is 48.8 Å². The number of rotatable bonds is 10. The summed E-state index contributed by atoms with van der Waals surface area (Å²) in [6.45, 7) is 4.80. The van der Waals surface area contributed by atoms with Crippen LogP contribution in [0.15, 0.2) is 67.0 Å². The summed E-state index contributed by atoms with van der Waals surface area (Å²) in [4.78, 5) is 16.1. The maximum atomic E-state index is 12.9. The van der Waals surface area contributed by atoms with Crippen molar-refractivity contribution in [1.29, 1.82) is 0 Å². The Kier molecular flexibility index (Phi) is 8.83. The Labute approximate surface area is 252 Å². The van der Waals surface area contributed by atoms with Crippen LogP contribution in [0.3, 0.4) is 0 Å². The van der Waals surface area contributed by atoms with E-state index in [9.17, 15) is 8.42 Å². The molecule has 0 bridgehead atoms. The lowest BCUT2D eigenvalue weighted by molar-refractivity contribution is 0.170. The van der Waals surface area contributed by atoms with Gasteiger partial charge in [0.2, 0.25) is 16.0 Å². The van der Waals surface area contributed by atoms with Crippen LogP contribution in [0.4, 0.5) is 5.95 Å². The van der Waals surface area contributed by atoms with Crippen molar-refractivity contribution >= 4 is 43.1 Å². The second kappa shape index (κ2) is 12.9. The highest BCUT2D eigenvalue weighted by Crippen LogP contribution is 2.33. The zero-order valence-electron chi connectivity index (χ0n) is 24.0. The summed E-state index contributed by atoms with van der Waals surface area (Å²) in [5.41, 5.74) is 5.46. The van der Waals surface area contributed by atoms with Crippen molar-refractivity contribution in [3.05, 3.63) is 83.7 Å². The first kappa shape index (κ1) is 28.8. The van der Waals surface area contributed by atoms with Crippen LogP contribution in [-0.2, 0) is 22.9 Å². The second-order valence-corrected chi connectivity index (χ2v) is 14.1. The summed E-state index contributed by atoms with van der Waals surface area (Å²) in [6, 6.07) is 16.1. The van der Waals surface area contributed by atoms with Crippen LogP contribution < -0.4 is 9.64 Å². The molecule has 2 aromatic heterocycles. The van der Waals surface area contributed by atoms with Crippen LogP contribution in [0.25, 0.3) is 15.8 Å². The van der Waals surface area contributed by atoms with Gasteiger partial charge in [0.15, 0.2) is 0 Å². The fraction of sp³-hybridized carbons (Fsp3) is 0.406. The Morgan fingerprint density at radius 3 is 2.48 bits per heavy atom. The molecule has 8 nitrogen and oxygen atoms in total. The number of ether oxygens (including phenoxy) is 1. The van der Waals surface area contributed by atoms with Gasteiger partial charge in [0.1, 0.15) is 6.10 Å². The van der Waals surface area contributed by atoms with Crippen molar-refractivity contribution in [3.63, 3.8) is 0 Å². The molecule has 1 saturated heterocycles. The van der Waals surface area contributed by atoms with Gasteiger partial charge in [-0.15, -0.1) is 0 Å². The lowest BCUT2D eigenvalue weighted by Crippen LogP contribution is -2.39. The molecule has 1 fully saturated rings. The topological polar surface area (TPSA) is 88.5 Å². The molecule has 6 rings (SSSR count). The third-order valence-corrected chi connectivity index (χ3v) is 10.8. The monoisotopic (exact) mass is 603 g/mol. The number of hydrogen-bond acceptors (Lipinski definition) is 8. The average molecular weight is 604 g/mol. The smallest absolute Gasteiger partial charge is 0.274 e. The SMILES string of the molecule is CCCc1cnc(N2CCC(Oc3nc4ccc(C5=CCN(S(=O)(=O)CCc6ccccc6)CC5)cc4s3)CC2)nc1. The molecule has 0 atom stereocenters. The minimum atomic E-state index is -3.30. The average Bonchev–Trinajstić information content (AvgIpc) is 3.43. The van der Waals surface area contributed by atoms with E-state index in [-0.39, 0.29) is 11.9 Å². The van der Waals surface area contributed by atoms with E-state index in [1.54, 1.807) is 15.6 Å². The number of piperidine rings is 1. The van der Waals surface area contributed by atoms with E-state index in [1.165, 1.54) is 11.1 Å². The van der Waals surface area contributed by atoms with Crippen molar-refractivity contribution in [1.82, 2.24) is 19.3 Å². The summed E-state index contributed by atoms with van der Waals surface area (Å²) in [5.74, 6) is 0.931. The summed E-state index contributed by atoms with van der Waals surface area (Å²) in [5, 5.41) is 0.703. The van der Waals surface area contributed by atoms with Gasteiger partial charge in [-0.1, -0.05) is 67.2 Å². The molecule has 0 amide bonds. The number of sulfonamides is 1. The first-order chi connectivity index (χ1) is 20.5. The molecule has 0 saturated carbocycles. The maximum Gasteiger partial charge on any atom is 0.274 e. The number of aromatic nitrogens is 3. The number of nitrogens with zero attached hydrogens (tertiary/aromatic N) is 5. The van der Waals surface area contributed by atoms with E-state index in [0.717, 1.165) is 66.1 Å². The molecule has 2 aromatic carbocycles. The molecule has 2 aliphatic rings. The van der Waals surface area contributed by atoms with Crippen molar-refractivity contribution < 1.29 is 13.2 Å². The molecular weight excluding hydrogens is 567 g/mol. The van der Waals surface area contributed by atoms with Crippen molar-refractivity contribution in [3.8, 4) is 5.19 Å². The number of anilines is 1. The van der Waals surface area contributed by atoms with Crippen molar-refractivity contribution in [2.24, 2.45) is 0 Å². The first-order valence-corrected chi connectivity index (χ1v) is 17.2. The summed E-state index contributed by atoms with van der Waals surface area (Å²) < 4.78 is 34.9. The summed E-state index contributed by atoms with van der Waals surface area (Å²) in [7, 11) is -3.30. The molecule has 0 radical (unpaired) electrons. The molecule has 0 spiro atoms. The minimum Gasteiger partial charge on any atom is -0.467 e. The first-order valence-electron chi connectivity index (χ1n) is 14.8. The van der Waals surface area contributed by atoms with E-state index in [2.05, 4.69) is 40.0 Å². The molecule has 0 N–H and O–H groups in total. The van der Waals surface area contributed by atoms with Crippen LogP contribution >= 0.6 is 11.3 Å². The molecule has 42 heavy (non-hydrogen) atoms. The molecule has 10 heteroatoms. The number of aryl methyl sites for hydroxylation is 2. The second-order valence-electron chi connectivity index (χ2n) is 11.0. The van der Waals surface area contributed by atoms with E-state index in [4.69, 9.17) is 9.72 Å². The zero-order chi connectivity index (χ0) is 28.9. The highest BCUT2D eigenvalue weighted by atomic mass is 32.2. The van der Waals surface area contributed by atoms with Crippen LogP contribution in [0.1, 0.15) is 49.3 Å². The van der Waals surface area contributed by atoms with Gasteiger partial charge in [0.25, 0.3) is 5.19 Å². The van der Waals surface area contributed by atoms with Gasteiger partial charge in [0.05, 0.1) is 16.0 Å². The molecular formula is C32H37N5O3S2. The third-order valence-electron chi connectivity index (χ3n) is 8.02. The molecule has 0 unspecified atom stereocenters. The normalized spacial score (nSPS) is 17.0. The fourth-order valence-electron chi connectivity index (χ4n) is 5.58. The number of fused-ring (bicyclic) bond motifs is 1. The number of thiazole rings is 1. The summed E-state index contributed by atoms with van der Waals surface area (Å²) in [6.07, 6.45) is 11.2. The predicted molar refractivity (Wildman–Crippen MR) is 170 cm³/mol. The molecule has 0 aliphatic carbocycles. The van der Waals surface area contributed by atoms with Crippen molar-refractivity contribution in [2.45, 2.75) is 51.6 Å². The third kappa shape index (κ3) is 6.82. The van der Waals surface area contributed by atoms with Crippen LogP contribution in [0.2, 0.25) is 0 Å². The van der Waals surface area contributed by atoms with Gasteiger partial charge < -0.3 is 9.64 Å². The minimum absolute atomic E-state index is 0.122. The molecule has 4 aromatic rings. The Balaban J connectivity index is 1.03. The van der Waals surface area contributed by atoms with Crippen LogP contribution in [-0.4, -0.2) is 65.7 Å². The number of hydrogen-bond donors (Lipinski definition) is 0. The Bertz CT molecular complexity index is 1630. The highest BCUT2D eigenvalue weighted by Gasteiger charge is 2.25. The van der Waals surface area contributed by atoms with E-state index >= 15 is 0 Å². The lowest BCUT2D eigenvalue weighted by atomic mass is 10.0. The standard InChI is InChI=1S/C32H37N5O3S2/c1-2-6-25-22-33-31(34-23-25)36-16-13-28(14-17-36)40-32-35-29-10-9-27(21-30(29)41-32)26-11-18-37(19-12-26)42(38,39)20-15-24-7-4-3-5-8-24/h3-5,7-11,21-23,28H,2,6,12-20H2,1H3. The Hall–Kier alpha value is -3.34. The largest absolute Gasteiger partial charge is 0.467 e. The molecule has 4 heterocycles. The van der Waals surface area contributed by atoms with Gasteiger partial charge in [-0.25, -0.2) is 23.4 Å². The van der Waals surface area contributed by atoms with Crippen LogP contribution in [0, 0.1) is 0 Å². The molecule has 220 valence electrons. The van der Waals surface area contributed by atoms with Gasteiger partial charge >= 0.3 is 0 Å². The van der Waals surface area contributed by atoms with E-state index in [0.29, 0.717) is 31.1 Å². The van der Waals surface area contributed by atoms with Gasteiger partial charge in [-0.2, -0.15) is 4.31 Å². The van der Waals surface area contributed by atoms with Gasteiger partial charge in [0, 0.05) is 51.4 Å². The zero-order valence-corrected chi connectivity index (χ0v) is 25.6. The van der Waals surface area contributed by atoms with Gasteiger partial charge in [-0.05, 0) is 53.7 Å². The Morgan fingerprint density at radius 1 is 0.976 bits per heavy atom. The number of benzene rings is 2. The quantitative estimate of drug-likeness (QED) is 0.228. The fourth-order valence-corrected chi connectivity index (χ4v) is 7.93. The highest BCUT2D eigenvalue weighted by molar-refractivity contribution is 7.89. The van der Waals surface area contributed by atoms with Crippen LogP contribution in [0.5, 0.6) is 5.19 Å². The van der Waals surface area contributed by atoms with Crippen molar-refractivity contribution in [2.75, 3.05) is 36.8 Å². The predicted octanol–water partition coefficient (Wildman–Crippen LogP) is 5.75. The Morgan fingerprint density at radius 2 is 1.76 bits per heavy atom. The molecule has 2 aliphatic heterocycles. The van der Waals surface area contributed by atoms with Gasteiger partial charge in [-0.3, -0.25) is 0 Å². The lowest BCUT2D eigenvalue weighted by Gasteiger charge is -2.31. The maximum absolute atomic E-state index is 12.9. The van der Waals surface area contributed by atoms with E-state index < -0.39 is 10.0 Å². The summed E-state index contributed by atoms with van der Waals surface area (Å²) >= 11 is 1.58.